The van der Waals surface area contributed by atoms with E-state index in [1.807, 2.05) is 23.7 Å². The smallest absolute Gasteiger partial charge is 0.390 e. The molecule has 1 fully saturated rings. The highest BCUT2D eigenvalue weighted by Crippen LogP contribution is 2.36. The topological polar surface area (TPSA) is 132 Å². The number of rotatable bonds is 6. The summed E-state index contributed by atoms with van der Waals surface area (Å²) in [5.41, 5.74) is 3.43. The molecule has 1 amide bonds. The summed E-state index contributed by atoms with van der Waals surface area (Å²) < 4.78 is 20.3. The van der Waals surface area contributed by atoms with Gasteiger partial charge < -0.3 is 19.7 Å². The van der Waals surface area contributed by atoms with Crippen molar-refractivity contribution in [3.63, 3.8) is 0 Å². The molecule has 2 aliphatic rings. The van der Waals surface area contributed by atoms with E-state index in [0.29, 0.717) is 40.5 Å². The van der Waals surface area contributed by atoms with Crippen molar-refractivity contribution in [2.45, 2.75) is 38.1 Å². The lowest BCUT2D eigenvalue weighted by molar-refractivity contribution is 0.0658. The second-order valence-corrected chi connectivity index (χ2v) is 10.8. The van der Waals surface area contributed by atoms with Gasteiger partial charge in [0.1, 0.15) is 16.9 Å². The Morgan fingerprint density at radius 3 is 2.83 bits per heavy atom. The molecule has 2 aromatic carbocycles. The zero-order chi connectivity index (χ0) is 28.5. The van der Waals surface area contributed by atoms with Gasteiger partial charge in [0.15, 0.2) is 22.9 Å². The van der Waals surface area contributed by atoms with Gasteiger partial charge >= 0.3 is 5.63 Å². The molecule has 0 bridgehead atoms. The third-order valence-electron chi connectivity index (χ3n) is 7.50. The van der Waals surface area contributed by atoms with E-state index < -0.39 is 5.63 Å². The Bertz CT molecular complexity index is 1720. The molecule has 2 atom stereocenters. The summed E-state index contributed by atoms with van der Waals surface area (Å²) in [4.78, 5) is 42.7. The van der Waals surface area contributed by atoms with E-state index in [-0.39, 0.29) is 23.4 Å². The molecule has 1 N–H and O–H groups in total. The number of benzene rings is 2. The fourth-order valence-electron chi connectivity index (χ4n) is 5.28. The Labute approximate surface area is 239 Å². The number of nitrogens with zero attached hydrogens (tertiary/aromatic N) is 4. The van der Waals surface area contributed by atoms with Crippen LogP contribution in [0.25, 0.3) is 11.0 Å². The van der Waals surface area contributed by atoms with Gasteiger partial charge in [-0.1, -0.05) is 6.92 Å². The van der Waals surface area contributed by atoms with E-state index in [2.05, 4.69) is 26.7 Å². The van der Waals surface area contributed by atoms with Gasteiger partial charge in [0.05, 0.1) is 25.4 Å². The van der Waals surface area contributed by atoms with Crippen LogP contribution in [0, 0.1) is 0 Å². The van der Waals surface area contributed by atoms with Crippen molar-refractivity contribution in [1.82, 2.24) is 15.2 Å². The summed E-state index contributed by atoms with van der Waals surface area (Å²) in [6.45, 7) is 3.55. The number of carbonyl (C=O) groups is 1. The number of amidine groups is 2. The van der Waals surface area contributed by atoms with Gasteiger partial charge in [-0.25, -0.2) is 24.3 Å². The number of amides is 1. The van der Waals surface area contributed by atoms with Crippen molar-refractivity contribution in [3.8, 4) is 11.5 Å². The minimum atomic E-state index is -0.563. The van der Waals surface area contributed by atoms with Crippen LogP contribution in [0.5, 0.6) is 11.5 Å². The fourth-order valence-corrected chi connectivity index (χ4v) is 6.25. The van der Waals surface area contributed by atoms with E-state index in [4.69, 9.17) is 24.0 Å². The van der Waals surface area contributed by atoms with Gasteiger partial charge in [-0.2, -0.15) is 0 Å². The summed E-state index contributed by atoms with van der Waals surface area (Å²) in [6, 6.07) is 10.1. The fraction of sp³-hybridized carbons (Fsp3) is 0.345. The number of hydrogen-bond acceptors (Lipinski definition) is 10. The predicted molar refractivity (Wildman–Crippen MR) is 155 cm³/mol. The average molecular weight is 576 g/mol. The van der Waals surface area contributed by atoms with E-state index in [1.165, 1.54) is 17.0 Å². The van der Waals surface area contributed by atoms with Gasteiger partial charge in [0.25, 0.3) is 5.91 Å². The summed E-state index contributed by atoms with van der Waals surface area (Å²) >= 11 is 1.63. The van der Waals surface area contributed by atoms with Crippen LogP contribution in [-0.2, 0) is 0 Å². The summed E-state index contributed by atoms with van der Waals surface area (Å²) in [5.74, 6) is 2.73. The Hall–Kier alpha value is -4.45. The van der Waals surface area contributed by atoms with E-state index in [1.54, 1.807) is 31.6 Å². The zero-order valence-electron chi connectivity index (χ0n) is 22.9. The number of thiazole rings is 1. The van der Waals surface area contributed by atoms with Crippen molar-refractivity contribution in [3.05, 3.63) is 68.5 Å². The number of aromatic nitrogens is 1. The Kier molecular flexibility index (Phi) is 7.31. The van der Waals surface area contributed by atoms with Crippen LogP contribution in [0.3, 0.4) is 0 Å². The number of ether oxygens (including phenoxy) is 2. The first-order valence-corrected chi connectivity index (χ1v) is 14.3. The van der Waals surface area contributed by atoms with Crippen LogP contribution in [0.4, 0.5) is 5.69 Å². The molecule has 41 heavy (non-hydrogen) atoms. The molecule has 1 saturated heterocycles. The molecule has 2 aliphatic heterocycles. The van der Waals surface area contributed by atoms with Crippen LogP contribution in [0.15, 0.2) is 65.8 Å². The second-order valence-electron chi connectivity index (χ2n) is 9.95. The lowest BCUT2D eigenvalue weighted by atomic mass is 9.99. The maximum Gasteiger partial charge on any atom is 0.390 e. The van der Waals surface area contributed by atoms with Gasteiger partial charge in [0.2, 0.25) is 0 Å². The summed E-state index contributed by atoms with van der Waals surface area (Å²) in [5, 5.41) is 3.42. The molecule has 0 saturated carbocycles. The average Bonchev–Trinajstić information content (AvgIpc) is 3.73. The first kappa shape index (κ1) is 26.8. The Morgan fingerprint density at radius 1 is 1.17 bits per heavy atom. The molecule has 12 heteroatoms. The number of nitrogens with one attached hydrogen (secondary N) is 1. The molecule has 0 spiro atoms. The largest absolute Gasteiger partial charge is 0.493 e. The molecule has 4 aromatic rings. The molecular weight excluding hydrogens is 546 g/mol. The minimum Gasteiger partial charge on any atom is -0.493 e. The number of methoxy groups -OCH3 is 2. The van der Waals surface area contributed by atoms with Gasteiger partial charge in [-0.15, -0.1) is 11.3 Å². The zero-order valence-corrected chi connectivity index (χ0v) is 23.7. The standard InChI is InChI=1S/C29H29N5O6S/c1-4-16-12-24(33-27(25-26(16)41-15-30-25)31-18-6-8-21(37-2)23(13-18)38-3)34-10-9-19(14-34)32-28(35)17-5-7-20-22(11-17)39-40-29(20)36/h5-8,11,13,15-16,19H,4,9-10,12,14H2,1-3H3,(H,32,35). The number of hydrogen-bond donors (Lipinski definition) is 1. The first-order valence-electron chi connectivity index (χ1n) is 13.4. The Morgan fingerprint density at radius 2 is 2.02 bits per heavy atom. The highest BCUT2D eigenvalue weighted by Gasteiger charge is 2.32. The normalized spacial score (nSPS) is 19.6. The lowest BCUT2D eigenvalue weighted by Crippen LogP contribution is -2.38. The van der Waals surface area contributed by atoms with Crippen molar-refractivity contribution in [2.24, 2.45) is 9.98 Å². The monoisotopic (exact) mass is 575 g/mol. The second kappa shape index (κ2) is 11.2. The van der Waals surface area contributed by atoms with Crippen LogP contribution in [0.2, 0.25) is 0 Å². The SMILES string of the molecule is CCC1CC(N2CCC(NC(=O)c3ccc4c(=O)ooc4c3)C2)=NC(=Nc2ccc(OC)c(OC)c2)c2ncsc21. The van der Waals surface area contributed by atoms with Gasteiger partial charge in [0, 0.05) is 48.0 Å². The number of aliphatic imine (C=N–C) groups is 2. The molecule has 0 aliphatic carbocycles. The van der Waals surface area contributed by atoms with Crippen LogP contribution in [0.1, 0.15) is 53.0 Å². The van der Waals surface area contributed by atoms with E-state index in [0.717, 1.165) is 37.3 Å². The van der Waals surface area contributed by atoms with E-state index in [9.17, 15) is 9.59 Å². The quantitative estimate of drug-likeness (QED) is 0.326. The lowest BCUT2D eigenvalue weighted by Gasteiger charge is -2.23. The number of likely N-dealkylation sites (tertiary alicyclic amines) is 1. The van der Waals surface area contributed by atoms with Gasteiger partial charge in [-0.05, 0) is 43.2 Å². The van der Waals surface area contributed by atoms with Crippen molar-refractivity contribution < 1.29 is 23.4 Å². The molecule has 0 radical (unpaired) electrons. The molecule has 6 rings (SSSR count). The summed E-state index contributed by atoms with van der Waals surface area (Å²) in [7, 11) is 3.19. The van der Waals surface area contributed by atoms with Gasteiger partial charge in [-0.3, -0.25) is 9.37 Å². The van der Waals surface area contributed by atoms with Crippen molar-refractivity contribution in [2.75, 3.05) is 27.3 Å². The molecule has 4 heterocycles. The maximum atomic E-state index is 13.0. The maximum absolute atomic E-state index is 13.0. The van der Waals surface area contributed by atoms with Crippen LogP contribution >= 0.6 is 11.3 Å². The third-order valence-corrected chi connectivity index (χ3v) is 8.49. The molecule has 2 unspecified atom stereocenters. The van der Waals surface area contributed by atoms with Crippen molar-refractivity contribution >= 4 is 45.6 Å². The predicted octanol–water partition coefficient (Wildman–Crippen LogP) is 4.74. The molecule has 11 nitrogen and oxygen atoms in total. The molecule has 2 aromatic heterocycles. The van der Waals surface area contributed by atoms with Crippen LogP contribution in [-0.4, -0.2) is 60.8 Å². The summed E-state index contributed by atoms with van der Waals surface area (Å²) in [6.07, 6.45) is 2.47. The van der Waals surface area contributed by atoms with Crippen LogP contribution < -0.4 is 20.4 Å². The third kappa shape index (κ3) is 5.22. The minimum absolute atomic E-state index is 0.0703. The molecular formula is C29H29N5O6S. The number of fused-ring (bicyclic) bond motifs is 2. The highest BCUT2D eigenvalue weighted by atomic mass is 32.1. The van der Waals surface area contributed by atoms with E-state index >= 15 is 0 Å². The number of carbonyl (C=O) groups excluding carboxylic acids is 1. The Balaban J connectivity index is 1.25. The molecule has 212 valence electrons. The first-order chi connectivity index (χ1) is 20.0. The highest BCUT2D eigenvalue weighted by molar-refractivity contribution is 7.10. The van der Waals surface area contributed by atoms with Crippen molar-refractivity contribution in [1.29, 1.82) is 0 Å².